The highest BCUT2D eigenvalue weighted by atomic mass is 32.2. The van der Waals surface area contributed by atoms with Crippen LogP contribution in [0.2, 0.25) is 0 Å². The predicted octanol–water partition coefficient (Wildman–Crippen LogP) is 4.91. The summed E-state index contributed by atoms with van der Waals surface area (Å²) in [5, 5.41) is 6.33. The van der Waals surface area contributed by atoms with Gasteiger partial charge in [-0.05, 0) is 66.1 Å². The third-order valence-electron chi connectivity index (χ3n) is 6.08. The molecule has 0 radical (unpaired) electrons. The molecule has 1 fully saturated rings. The molecule has 0 unspecified atom stereocenters. The van der Waals surface area contributed by atoms with Crippen LogP contribution in [0, 0.1) is 0 Å². The normalized spacial score (nSPS) is 17.1. The first-order valence-electron chi connectivity index (χ1n) is 11.6. The fourth-order valence-electron chi connectivity index (χ4n) is 4.28. The van der Waals surface area contributed by atoms with Gasteiger partial charge in [-0.15, -0.1) is 11.8 Å². The lowest BCUT2D eigenvalue weighted by Gasteiger charge is -2.20. The molecule has 0 aromatic heterocycles. The summed E-state index contributed by atoms with van der Waals surface area (Å²) >= 11 is 1.50. The smallest absolute Gasteiger partial charge is 0.414 e. The highest BCUT2D eigenvalue weighted by molar-refractivity contribution is 8.00. The van der Waals surface area contributed by atoms with E-state index in [0.29, 0.717) is 12.3 Å². The molecular weight excluding hydrogens is 462 g/mol. The Kier molecular flexibility index (Phi) is 6.92. The molecule has 1 atom stereocenters. The van der Waals surface area contributed by atoms with Crippen LogP contribution in [-0.4, -0.2) is 44.1 Å². The van der Waals surface area contributed by atoms with Crippen molar-refractivity contribution >= 4 is 35.1 Å². The number of nitrogens with zero attached hydrogens (tertiary/aromatic N) is 1. The SMILES string of the molecule is COc1cccc(-c2cccc(CNCC[C@@H]3CN(c4ccc5c(c4)NC(=O)CS5)C(=O)O3)c2)c1. The quantitative estimate of drug-likeness (QED) is 0.438. The molecule has 0 aliphatic carbocycles. The Labute approximate surface area is 208 Å². The van der Waals surface area contributed by atoms with Gasteiger partial charge >= 0.3 is 6.09 Å². The molecule has 180 valence electrons. The molecule has 5 rings (SSSR count). The van der Waals surface area contributed by atoms with Crippen molar-refractivity contribution in [2.45, 2.75) is 24.0 Å². The second kappa shape index (κ2) is 10.4. The van der Waals surface area contributed by atoms with Gasteiger partial charge in [-0.1, -0.05) is 30.3 Å². The van der Waals surface area contributed by atoms with E-state index >= 15 is 0 Å². The number of fused-ring (bicyclic) bond motifs is 1. The van der Waals surface area contributed by atoms with Crippen molar-refractivity contribution in [3.05, 3.63) is 72.3 Å². The summed E-state index contributed by atoms with van der Waals surface area (Å²) in [6.07, 6.45) is 0.184. The topological polar surface area (TPSA) is 79.9 Å². The molecule has 35 heavy (non-hydrogen) atoms. The molecule has 2 aliphatic heterocycles. The zero-order valence-electron chi connectivity index (χ0n) is 19.5. The molecule has 3 aromatic rings. The van der Waals surface area contributed by atoms with Crippen LogP contribution in [0.1, 0.15) is 12.0 Å². The van der Waals surface area contributed by atoms with E-state index in [2.05, 4.69) is 41.0 Å². The summed E-state index contributed by atoms with van der Waals surface area (Å²) < 4.78 is 10.9. The standard InChI is InChI=1S/C27H27N3O4S/c1-33-22-7-3-6-20(13-22)19-5-2-4-18(12-19)15-28-11-10-23-16-30(27(32)34-23)21-8-9-25-24(14-21)29-26(31)17-35-25/h2-9,12-14,23,28H,10-11,15-17H2,1H3,(H,29,31)/t23-/m1/s1. The first-order valence-corrected chi connectivity index (χ1v) is 12.6. The number of amides is 2. The summed E-state index contributed by atoms with van der Waals surface area (Å²) in [7, 11) is 1.67. The Balaban J connectivity index is 1.13. The summed E-state index contributed by atoms with van der Waals surface area (Å²) in [4.78, 5) is 26.8. The Morgan fingerprint density at radius 1 is 1.09 bits per heavy atom. The minimum atomic E-state index is -0.351. The van der Waals surface area contributed by atoms with Crippen LogP contribution in [0.4, 0.5) is 16.2 Å². The average molecular weight is 490 g/mol. The number of ether oxygens (including phenoxy) is 2. The molecule has 2 aliphatic rings. The number of anilines is 2. The van der Waals surface area contributed by atoms with Gasteiger partial charge < -0.3 is 20.1 Å². The number of nitrogens with one attached hydrogen (secondary N) is 2. The zero-order valence-corrected chi connectivity index (χ0v) is 20.3. The predicted molar refractivity (Wildman–Crippen MR) is 138 cm³/mol. The number of hydrogen-bond acceptors (Lipinski definition) is 6. The van der Waals surface area contributed by atoms with E-state index in [0.717, 1.165) is 52.7 Å². The molecule has 2 N–H and O–H groups in total. The number of carbonyl (C=O) groups excluding carboxylic acids is 2. The van der Waals surface area contributed by atoms with Gasteiger partial charge in [0, 0.05) is 17.1 Å². The lowest BCUT2D eigenvalue weighted by atomic mass is 10.0. The van der Waals surface area contributed by atoms with Gasteiger partial charge in [0.05, 0.1) is 25.1 Å². The lowest BCUT2D eigenvalue weighted by Crippen LogP contribution is -2.26. The second-order valence-corrected chi connectivity index (χ2v) is 9.55. The number of thioether (sulfide) groups is 1. The minimum Gasteiger partial charge on any atom is -0.497 e. The van der Waals surface area contributed by atoms with Gasteiger partial charge in [0.1, 0.15) is 11.9 Å². The first kappa shape index (κ1) is 23.3. The van der Waals surface area contributed by atoms with Crippen LogP contribution in [0.5, 0.6) is 5.75 Å². The van der Waals surface area contributed by atoms with Crippen molar-refractivity contribution in [1.29, 1.82) is 0 Å². The Morgan fingerprint density at radius 2 is 1.91 bits per heavy atom. The summed E-state index contributed by atoms with van der Waals surface area (Å²) in [5.41, 5.74) is 4.93. The zero-order chi connectivity index (χ0) is 24.2. The highest BCUT2D eigenvalue weighted by Gasteiger charge is 2.32. The Hall–Kier alpha value is -3.49. The van der Waals surface area contributed by atoms with Crippen molar-refractivity contribution in [2.75, 3.05) is 36.2 Å². The second-order valence-electron chi connectivity index (χ2n) is 8.53. The molecule has 2 amide bonds. The fraction of sp³-hybridized carbons (Fsp3) is 0.259. The van der Waals surface area contributed by atoms with E-state index < -0.39 is 0 Å². The van der Waals surface area contributed by atoms with E-state index in [1.807, 2.05) is 36.4 Å². The van der Waals surface area contributed by atoms with Gasteiger partial charge in [0.25, 0.3) is 0 Å². The maximum atomic E-state index is 12.5. The highest BCUT2D eigenvalue weighted by Crippen LogP contribution is 2.35. The van der Waals surface area contributed by atoms with Crippen LogP contribution in [0.3, 0.4) is 0 Å². The monoisotopic (exact) mass is 489 g/mol. The van der Waals surface area contributed by atoms with Crippen molar-refractivity contribution in [3.8, 4) is 16.9 Å². The number of benzene rings is 3. The van der Waals surface area contributed by atoms with E-state index in [-0.39, 0.29) is 18.1 Å². The maximum Gasteiger partial charge on any atom is 0.414 e. The number of rotatable bonds is 8. The molecule has 7 nitrogen and oxygen atoms in total. The summed E-state index contributed by atoms with van der Waals surface area (Å²) in [6, 6.07) is 22.1. The van der Waals surface area contributed by atoms with Crippen molar-refractivity contribution in [2.24, 2.45) is 0 Å². The van der Waals surface area contributed by atoms with Crippen molar-refractivity contribution in [3.63, 3.8) is 0 Å². The molecule has 0 spiro atoms. The van der Waals surface area contributed by atoms with Gasteiger partial charge in [-0.25, -0.2) is 4.79 Å². The average Bonchev–Trinajstić information content (AvgIpc) is 3.26. The minimum absolute atomic E-state index is 0.0263. The van der Waals surface area contributed by atoms with Gasteiger partial charge in [0.15, 0.2) is 0 Å². The fourth-order valence-corrected chi connectivity index (χ4v) is 5.07. The van der Waals surface area contributed by atoms with Crippen molar-refractivity contribution < 1.29 is 19.1 Å². The van der Waals surface area contributed by atoms with Gasteiger partial charge in [-0.3, -0.25) is 9.69 Å². The largest absolute Gasteiger partial charge is 0.497 e. The van der Waals surface area contributed by atoms with E-state index in [4.69, 9.17) is 9.47 Å². The number of hydrogen-bond donors (Lipinski definition) is 2. The molecule has 0 bridgehead atoms. The van der Waals surface area contributed by atoms with Crippen LogP contribution < -0.4 is 20.3 Å². The number of methoxy groups -OCH3 is 1. The van der Waals surface area contributed by atoms with Crippen LogP contribution in [0.25, 0.3) is 11.1 Å². The maximum absolute atomic E-state index is 12.5. The van der Waals surface area contributed by atoms with Gasteiger partial charge in [-0.2, -0.15) is 0 Å². The van der Waals surface area contributed by atoms with E-state index in [1.54, 1.807) is 12.0 Å². The molecule has 3 aromatic carbocycles. The summed E-state index contributed by atoms with van der Waals surface area (Å²) in [6.45, 7) is 1.95. The molecule has 8 heteroatoms. The Bertz CT molecular complexity index is 1250. The third kappa shape index (κ3) is 5.44. The molecule has 2 heterocycles. The van der Waals surface area contributed by atoms with Crippen LogP contribution in [0.15, 0.2) is 71.6 Å². The lowest BCUT2D eigenvalue weighted by molar-refractivity contribution is -0.113. The number of cyclic esters (lactones) is 1. The van der Waals surface area contributed by atoms with Crippen LogP contribution in [-0.2, 0) is 16.1 Å². The first-order chi connectivity index (χ1) is 17.1. The summed E-state index contributed by atoms with van der Waals surface area (Å²) in [5.74, 6) is 1.23. The molecule has 0 saturated carbocycles. The third-order valence-corrected chi connectivity index (χ3v) is 7.16. The van der Waals surface area contributed by atoms with Crippen molar-refractivity contribution in [1.82, 2.24) is 5.32 Å². The van der Waals surface area contributed by atoms with E-state index in [1.165, 1.54) is 17.3 Å². The molecule has 1 saturated heterocycles. The Morgan fingerprint density at radius 3 is 2.77 bits per heavy atom. The molecular formula is C27H27N3O4S. The number of carbonyl (C=O) groups is 2. The van der Waals surface area contributed by atoms with E-state index in [9.17, 15) is 9.59 Å². The van der Waals surface area contributed by atoms with Crippen LogP contribution >= 0.6 is 11.8 Å². The van der Waals surface area contributed by atoms with Gasteiger partial charge in [0.2, 0.25) is 5.91 Å².